The average Bonchev–Trinajstić information content (AvgIpc) is 2.39. The van der Waals surface area contributed by atoms with Crippen molar-refractivity contribution < 1.29 is 0 Å². The molecule has 0 amide bonds. The van der Waals surface area contributed by atoms with Gasteiger partial charge in [0.15, 0.2) is 0 Å². The Hall–Kier alpha value is -2.00. The Morgan fingerprint density at radius 3 is 1.56 bits per heavy atom. The van der Waals surface area contributed by atoms with Crippen molar-refractivity contribution in [2.45, 2.75) is 13.8 Å². The van der Waals surface area contributed by atoms with E-state index in [1.54, 1.807) is 0 Å². The van der Waals surface area contributed by atoms with Crippen LogP contribution in [0.3, 0.4) is 0 Å². The molecule has 0 saturated heterocycles. The molecule has 0 radical (unpaired) electrons. The van der Waals surface area contributed by atoms with Crippen molar-refractivity contribution in [3.8, 4) is 0 Å². The third-order valence-electron chi connectivity index (χ3n) is 2.27. The first kappa shape index (κ1) is 12.1. The second-order valence-electron chi connectivity index (χ2n) is 3.10. The van der Waals surface area contributed by atoms with Crippen LogP contribution in [0, 0.1) is 12.1 Å². The van der Waals surface area contributed by atoms with E-state index in [2.05, 4.69) is 37.4 Å². The van der Waals surface area contributed by atoms with Crippen molar-refractivity contribution in [3.05, 3.63) is 60.7 Å². The molecule has 0 heteroatoms. The van der Waals surface area contributed by atoms with Gasteiger partial charge in [0, 0.05) is 0 Å². The summed E-state index contributed by atoms with van der Waals surface area (Å²) in [6.07, 6.45) is 3.68. The van der Waals surface area contributed by atoms with Gasteiger partial charge >= 0.3 is 0 Å². The molecule has 0 aliphatic carbocycles. The highest BCUT2D eigenvalue weighted by Gasteiger charge is 1.98. The third kappa shape index (κ3) is 2.32. The Labute approximate surface area is 97.9 Å². The highest BCUT2D eigenvalue weighted by atomic mass is 14.0. The Bertz CT molecular complexity index is 446. The number of benzene rings is 1. The predicted octanol–water partition coefficient (Wildman–Crippen LogP) is 4.75. The van der Waals surface area contributed by atoms with Gasteiger partial charge in [-0.1, -0.05) is 51.3 Å². The summed E-state index contributed by atoms with van der Waals surface area (Å²) in [6, 6.07) is 13.9. The number of fused-ring (bicyclic) bond motifs is 1. The largest absolute Gasteiger partial charge is 0.0984 e. The summed E-state index contributed by atoms with van der Waals surface area (Å²) in [5.41, 5.74) is 2.21. The van der Waals surface area contributed by atoms with Crippen molar-refractivity contribution in [2.24, 2.45) is 0 Å². The first-order valence-corrected chi connectivity index (χ1v) is 5.45. The Morgan fingerprint density at radius 1 is 0.875 bits per heavy atom. The van der Waals surface area contributed by atoms with Gasteiger partial charge in [-0.2, -0.15) is 0 Å². The molecule has 2 aromatic rings. The highest BCUT2D eigenvalue weighted by molar-refractivity contribution is 5.87. The molecule has 0 aromatic heterocycles. The Balaban J connectivity index is 0.000000606. The van der Waals surface area contributed by atoms with E-state index in [9.17, 15) is 0 Å². The van der Waals surface area contributed by atoms with E-state index in [0.717, 1.165) is 21.9 Å². The lowest BCUT2D eigenvalue weighted by Gasteiger charge is -2.02. The maximum Gasteiger partial charge on any atom is -0.00363 e. The van der Waals surface area contributed by atoms with Crippen LogP contribution in [0.25, 0.3) is 22.9 Å². The van der Waals surface area contributed by atoms with E-state index in [1.165, 1.54) is 0 Å². The second kappa shape index (κ2) is 5.78. The van der Waals surface area contributed by atoms with Gasteiger partial charge in [0.1, 0.15) is 0 Å². The molecule has 0 nitrogen and oxygen atoms in total. The average molecular weight is 208 g/mol. The van der Waals surface area contributed by atoms with Gasteiger partial charge in [-0.25, -0.2) is 0 Å². The lowest BCUT2D eigenvalue weighted by molar-refractivity contribution is 1.50. The van der Waals surface area contributed by atoms with E-state index in [0.29, 0.717) is 0 Å². The molecule has 0 unspecified atom stereocenters. The van der Waals surface area contributed by atoms with Crippen LogP contribution in [0.5, 0.6) is 0 Å². The summed E-state index contributed by atoms with van der Waals surface area (Å²) < 4.78 is 0. The number of rotatable bonds is 2. The summed E-state index contributed by atoms with van der Waals surface area (Å²) in [5.74, 6) is 0. The van der Waals surface area contributed by atoms with Gasteiger partial charge < -0.3 is 0 Å². The summed E-state index contributed by atoms with van der Waals surface area (Å²) in [4.78, 5) is 0. The quantitative estimate of drug-likeness (QED) is 0.668. The van der Waals surface area contributed by atoms with Crippen LogP contribution >= 0.6 is 0 Å². The topological polar surface area (TPSA) is 0 Å². The third-order valence-corrected chi connectivity index (χ3v) is 2.27. The van der Waals surface area contributed by atoms with Gasteiger partial charge in [0.05, 0.1) is 0 Å². The molecule has 0 heterocycles. The fourth-order valence-corrected chi connectivity index (χ4v) is 1.51. The van der Waals surface area contributed by atoms with E-state index in [1.807, 2.05) is 38.1 Å². The maximum absolute atomic E-state index is 3.78. The summed E-state index contributed by atoms with van der Waals surface area (Å²) in [6.45, 7) is 11.6. The second-order valence-corrected chi connectivity index (χ2v) is 3.10. The zero-order valence-electron chi connectivity index (χ0n) is 9.88. The molecule has 0 N–H and O–H groups in total. The van der Waals surface area contributed by atoms with Crippen LogP contribution in [0.2, 0.25) is 0 Å². The van der Waals surface area contributed by atoms with Crippen LogP contribution in [0.1, 0.15) is 25.0 Å². The van der Waals surface area contributed by atoms with Crippen molar-refractivity contribution >= 4 is 22.9 Å². The van der Waals surface area contributed by atoms with Crippen LogP contribution in [-0.2, 0) is 0 Å². The smallest absolute Gasteiger partial charge is 0.00363 e. The highest BCUT2D eigenvalue weighted by Crippen LogP contribution is 2.20. The Morgan fingerprint density at radius 2 is 1.25 bits per heavy atom. The van der Waals surface area contributed by atoms with Gasteiger partial charge in [-0.15, -0.1) is 0 Å². The molecule has 0 spiro atoms. The summed E-state index contributed by atoms with van der Waals surface area (Å²) >= 11 is 0. The van der Waals surface area contributed by atoms with Crippen LogP contribution in [0.15, 0.2) is 37.4 Å². The summed E-state index contributed by atoms with van der Waals surface area (Å²) in [5, 5.41) is 2.31. The molecule has 0 aliphatic heterocycles. The normalized spacial score (nSPS) is 8.62. The fraction of sp³-hybridized carbons (Fsp3) is 0.125. The molecular formula is C16H16. The SMILES string of the molecule is C=Cc1cc2cc#ccc2cc1C=C.CC. The van der Waals surface area contributed by atoms with Crippen molar-refractivity contribution in [3.63, 3.8) is 0 Å². The minimum absolute atomic E-state index is 1.10. The molecule has 2 aromatic carbocycles. The van der Waals surface area contributed by atoms with Gasteiger partial charge in [0.25, 0.3) is 0 Å². The number of hydrogen-bond donors (Lipinski definition) is 0. The number of hydrogen-bond acceptors (Lipinski definition) is 0. The molecule has 0 aliphatic rings. The molecule has 80 valence electrons. The van der Waals surface area contributed by atoms with E-state index < -0.39 is 0 Å². The van der Waals surface area contributed by atoms with Crippen molar-refractivity contribution in [1.29, 1.82) is 0 Å². The van der Waals surface area contributed by atoms with Crippen LogP contribution in [0.4, 0.5) is 0 Å². The zero-order valence-corrected chi connectivity index (χ0v) is 9.88. The van der Waals surface area contributed by atoms with Crippen molar-refractivity contribution in [2.75, 3.05) is 0 Å². The van der Waals surface area contributed by atoms with E-state index >= 15 is 0 Å². The van der Waals surface area contributed by atoms with Gasteiger partial charge in [-0.05, 0) is 46.2 Å². The van der Waals surface area contributed by atoms with E-state index in [-0.39, 0.29) is 0 Å². The summed E-state index contributed by atoms with van der Waals surface area (Å²) in [7, 11) is 0. The van der Waals surface area contributed by atoms with Crippen molar-refractivity contribution in [1.82, 2.24) is 0 Å². The monoisotopic (exact) mass is 208 g/mol. The first-order chi connectivity index (χ1) is 7.85. The molecule has 0 bridgehead atoms. The maximum atomic E-state index is 3.78. The standard InChI is InChI=1S/C14H10.C2H6/c1-3-11-9-13-7-5-6-8-14(13)10-12(11)4-2;1-2/h3-4,7-10H,1-2H2;1-2H3. The van der Waals surface area contributed by atoms with Crippen LogP contribution < -0.4 is 0 Å². The lowest BCUT2D eigenvalue weighted by Crippen LogP contribution is -1.81. The minimum atomic E-state index is 1.10. The predicted molar refractivity (Wildman–Crippen MR) is 73.2 cm³/mol. The molecule has 16 heavy (non-hydrogen) atoms. The molecule has 0 fully saturated rings. The fourth-order valence-electron chi connectivity index (χ4n) is 1.51. The van der Waals surface area contributed by atoms with Gasteiger partial charge in [0.2, 0.25) is 0 Å². The zero-order chi connectivity index (χ0) is 12.0. The molecule has 0 saturated carbocycles. The molecular weight excluding hydrogens is 192 g/mol. The van der Waals surface area contributed by atoms with E-state index in [4.69, 9.17) is 0 Å². The minimum Gasteiger partial charge on any atom is -0.0984 e. The van der Waals surface area contributed by atoms with Crippen LogP contribution in [-0.4, -0.2) is 0 Å². The Kier molecular flexibility index (Phi) is 4.36. The lowest BCUT2D eigenvalue weighted by atomic mass is 10.0. The molecule has 0 atom stereocenters. The first-order valence-electron chi connectivity index (χ1n) is 5.45. The van der Waals surface area contributed by atoms with Gasteiger partial charge in [-0.3, -0.25) is 0 Å². The molecule has 2 rings (SSSR count).